The first kappa shape index (κ1) is 18.9. The van der Waals surface area contributed by atoms with Crippen LogP contribution in [0.1, 0.15) is 36.2 Å². The van der Waals surface area contributed by atoms with E-state index < -0.39 is 18.7 Å². The molecule has 0 aromatic carbocycles. The fraction of sp³-hybridized carbons (Fsp3) is 0.412. The van der Waals surface area contributed by atoms with E-state index in [-0.39, 0.29) is 23.2 Å². The molecule has 0 aliphatic heterocycles. The lowest BCUT2D eigenvalue weighted by molar-refractivity contribution is -0.153. The van der Waals surface area contributed by atoms with Gasteiger partial charge in [0, 0.05) is 24.5 Å². The molecule has 27 heavy (non-hydrogen) atoms. The van der Waals surface area contributed by atoms with Crippen LogP contribution < -0.4 is 15.4 Å². The topological polar surface area (TPSA) is 89.0 Å². The Balaban J connectivity index is 1.68. The molecule has 144 valence electrons. The number of pyridine rings is 1. The van der Waals surface area contributed by atoms with Gasteiger partial charge in [0.25, 0.3) is 5.91 Å². The van der Waals surface area contributed by atoms with E-state index in [2.05, 4.69) is 25.6 Å². The highest BCUT2D eigenvalue weighted by Crippen LogP contribution is 2.26. The highest BCUT2D eigenvalue weighted by atomic mass is 19.4. The lowest BCUT2D eigenvalue weighted by Crippen LogP contribution is -2.21. The predicted octanol–water partition coefficient (Wildman–Crippen LogP) is 3.42. The predicted molar refractivity (Wildman–Crippen MR) is 91.7 cm³/mol. The Morgan fingerprint density at radius 1 is 1.22 bits per heavy atom. The molecule has 0 spiro atoms. The van der Waals surface area contributed by atoms with Crippen molar-refractivity contribution in [3.05, 3.63) is 36.4 Å². The van der Waals surface area contributed by atoms with Gasteiger partial charge in [0.05, 0.1) is 6.20 Å². The zero-order chi connectivity index (χ0) is 19.3. The van der Waals surface area contributed by atoms with Crippen molar-refractivity contribution < 1.29 is 22.7 Å². The third kappa shape index (κ3) is 5.53. The van der Waals surface area contributed by atoms with Crippen LogP contribution in [0.5, 0.6) is 5.75 Å². The van der Waals surface area contributed by atoms with Gasteiger partial charge in [-0.1, -0.05) is 12.8 Å². The molecule has 2 N–H and O–H groups in total. The molecule has 7 nitrogen and oxygen atoms in total. The molecule has 1 saturated carbocycles. The second-order valence-electron chi connectivity index (χ2n) is 6.12. The van der Waals surface area contributed by atoms with Crippen LogP contribution in [0.4, 0.5) is 24.8 Å². The molecule has 0 bridgehead atoms. The largest absolute Gasteiger partial charge is 0.482 e. The number of ether oxygens (including phenoxy) is 1. The van der Waals surface area contributed by atoms with E-state index in [4.69, 9.17) is 4.74 Å². The fourth-order valence-corrected chi connectivity index (χ4v) is 2.75. The van der Waals surface area contributed by atoms with Gasteiger partial charge in [-0.25, -0.2) is 9.97 Å². The first-order valence-corrected chi connectivity index (χ1v) is 8.45. The Hall–Kier alpha value is -2.91. The molecule has 1 aliphatic carbocycles. The van der Waals surface area contributed by atoms with Crippen molar-refractivity contribution in [2.24, 2.45) is 0 Å². The number of hydrogen-bond acceptors (Lipinski definition) is 6. The average molecular weight is 381 g/mol. The van der Waals surface area contributed by atoms with Crippen molar-refractivity contribution in [3.63, 3.8) is 0 Å². The summed E-state index contributed by atoms with van der Waals surface area (Å²) in [5, 5.41) is 5.66. The zero-order valence-electron chi connectivity index (χ0n) is 14.3. The van der Waals surface area contributed by atoms with Gasteiger partial charge in [0.15, 0.2) is 6.61 Å². The van der Waals surface area contributed by atoms with Crippen LogP contribution in [-0.2, 0) is 0 Å². The Bertz CT molecular complexity index is 794. The maximum Gasteiger partial charge on any atom is 0.422 e. The maximum absolute atomic E-state index is 12.4. The maximum atomic E-state index is 12.4. The molecule has 2 aromatic rings. The number of anilines is 2. The van der Waals surface area contributed by atoms with Crippen molar-refractivity contribution in [1.29, 1.82) is 0 Å². The summed E-state index contributed by atoms with van der Waals surface area (Å²) in [6.45, 7) is -1.47. The van der Waals surface area contributed by atoms with Gasteiger partial charge in [-0.3, -0.25) is 9.78 Å². The third-order valence-electron chi connectivity index (χ3n) is 4.00. The van der Waals surface area contributed by atoms with E-state index in [1.54, 1.807) is 0 Å². The van der Waals surface area contributed by atoms with Crippen molar-refractivity contribution in [2.75, 3.05) is 17.2 Å². The van der Waals surface area contributed by atoms with Crippen LogP contribution >= 0.6 is 0 Å². The minimum Gasteiger partial charge on any atom is -0.482 e. The molecule has 3 rings (SSSR count). The lowest BCUT2D eigenvalue weighted by Gasteiger charge is -2.14. The summed E-state index contributed by atoms with van der Waals surface area (Å²) < 4.78 is 41.8. The first-order chi connectivity index (χ1) is 12.9. The quantitative estimate of drug-likeness (QED) is 0.797. The third-order valence-corrected chi connectivity index (χ3v) is 4.00. The number of halogens is 3. The normalized spacial score (nSPS) is 14.8. The molecule has 0 atom stereocenters. The van der Waals surface area contributed by atoms with Crippen LogP contribution in [0, 0.1) is 0 Å². The highest BCUT2D eigenvalue weighted by Gasteiger charge is 2.29. The van der Waals surface area contributed by atoms with Crippen molar-refractivity contribution in [3.8, 4) is 5.75 Å². The Morgan fingerprint density at radius 2 is 2.00 bits per heavy atom. The lowest BCUT2D eigenvalue weighted by atomic mass is 10.2. The minimum atomic E-state index is -4.49. The monoisotopic (exact) mass is 381 g/mol. The second-order valence-corrected chi connectivity index (χ2v) is 6.12. The van der Waals surface area contributed by atoms with Crippen molar-refractivity contribution in [1.82, 2.24) is 15.0 Å². The van der Waals surface area contributed by atoms with Gasteiger partial charge < -0.3 is 15.4 Å². The molecule has 1 fully saturated rings. The molecule has 0 radical (unpaired) electrons. The fourth-order valence-electron chi connectivity index (χ4n) is 2.75. The van der Waals surface area contributed by atoms with Gasteiger partial charge in [-0.05, 0) is 18.9 Å². The van der Waals surface area contributed by atoms with Crippen molar-refractivity contribution >= 4 is 17.5 Å². The van der Waals surface area contributed by atoms with Crippen LogP contribution in [0.25, 0.3) is 0 Å². The van der Waals surface area contributed by atoms with Crippen molar-refractivity contribution in [2.45, 2.75) is 37.9 Å². The summed E-state index contributed by atoms with van der Waals surface area (Å²) in [7, 11) is 0. The number of carbonyl (C=O) groups excluding carboxylic acids is 1. The molecule has 1 amide bonds. The van der Waals surface area contributed by atoms with Gasteiger partial charge in [-0.2, -0.15) is 13.2 Å². The summed E-state index contributed by atoms with van der Waals surface area (Å²) in [4.78, 5) is 24.5. The Morgan fingerprint density at radius 3 is 2.74 bits per heavy atom. The van der Waals surface area contributed by atoms with Crippen LogP contribution in [0.15, 0.2) is 30.7 Å². The van der Waals surface area contributed by atoms with E-state index in [1.165, 1.54) is 30.7 Å². The molecular weight excluding hydrogens is 363 g/mol. The molecule has 2 heterocycles. The summed E-state index contributed by atoms with van der Waals surface area (Å²) in [5.74, 6) is -0.389. The summed E-state index contributed by atoms with van der Waals surface area (Å²) >= 11 is 0. The van der Waals surface area contributed by atoms with Gasteiger partial charge in [-0.15, -0.1) is 0 Å². The summed E-state index contributed by atoms with van der Waals surface area (Å²) in [6, 6.07) is 2.94. The smallest absolute Gasteiger partial charge is 0.422 e. The summed E-state index contributed by atoms with van der Waals surface area (Å²) in [6.07, 6.45) is 3.77. The van der Waals surface area contributed by atoms with Crippen LogP contribution in [-0.4, -0.2) is 39.7 Å². The van der Waals surface area contributed by atoms with Gasteiger partial charge in [0.2, 0.25) is 5.95 Å². The highest BCUT2D eigenvalue weighted by molar-refractivity contribution is 6.03. The van der Waals surface area contributed by atoms with Crippen LogP contribution in [0.2, 0.25) is 0 Å². The van der Waals surface area contributed by atoms with E-state index in [0.29, 0.717) is 5.95 Å². The van der Waals surface area contributed by atoms with E-state index in [0.717, 1.165) is 25.7 Å². The number of rotatable bonds is 6. The van der Waals surface area contributed by atoms with E-state index >= 15 is 0 Å². The van der Waals surface area contributed by atoms with E-state index in [9.17, 15) is 18.0 Å². The number of amides is 1. The van der Waals surface area contributed by atoms with E-state index in [1.807, 2.05) is 0 Å². The number of aromatic nitrogens is 3. The SMILES string of the molecule is O=C(Nc1cnccc1OCC(F)(F)F)c1ccnc(NC2CCCC2)n1. The molecular formula is C17H18F3N5O2. The molecule has 0 unspecified atom stereocenters. The minimum absolute atomic E-state index is 0.0238. The zero-order valence-corrected chi connectivity index (χ0v) is 14.3. The number of alkyl halides is 3. The number of hydrogen-bond donors (Lipinski definition) is 2. The number of carbonyl (C=O) groups is 1. The van der Waals surface area contributed by atoms with Gasteiger partial charge >= 0.3 is 6.18 Å². The number of nitrogens with zero attached hydrogens (tertiary/aromatic N) is 3. The van der Waals surface area contributed by atoms with Crippen LogP contribution in [0.3, 0.4) is 0 Å². The molecule has 2 aromatic heterocycles. The second kappa shape index (κ2) is 8.19. The first-order valence-electron chi connectivity index (χ1n) is 8.45. The Kier molecular flexibility index (Phi) is 5.72. The molecule has 1 aliphatic rings. The standard InChI is InChI=1S/C17H18F3N5O2/c18-17(19,20)10-27-14-6-7-21-9-13(14)24-15(26)12-5-8-22-16(25-12)23-11-3-1-2-4-11/h5-9,11H,1-4,10H2,(H,24,26)(H,22,23,25). The molecule has 10 heteroatoms. The Labute approximate surface area is 153 Å². The number of nitrogens with one attached hydrogen (secondary N) is 2. The molecule has 0 saturated heterocycles. The van der Waals surface area contributed by atoms with Gasteiger partial charge in [0.1, 0.15) is 17.1 Å². The average Bonchev–Trinajstić information content (AvgIpc) is 3.13. The summed E-state index contributed by atoms with van der Waals surface area (Å²) in [5.41, 5.74) is 0.104.